The standard InChI is InChI=1S/C18H21F2N/c1-11(2)14-5-7-15(8-6-14)13(4)21-18-10-16(19)12(3)9-17(18)20/h5-11,13,21H,1-4H3. The second-order valence-corrected chi connectivity index (χ2v) is 5.77. The molecule has 0 spiro atoms. The van der Waals surface area contributed by atoms with Crippen molar-refractivity contribution in [3.63, 3.8) is 0 Å². The van der Waals surface area contributed by atoms with E-state index in [9.17, 15) is 8.78 Å². The highest BCUT2D eigenvalue weighted by Crippen LogP contribution is 2.25. The molecule has 2 aromatic rings. The Morgan fingerprint density at radius 2 is 1.43 bits per heavy atom. The fourth-order valence-corrected chi connectivity index (χ4v) is 2.24. The average Bonchev–Trinajstić information content (AvgIpc) is 2.44. The summed E-state index contributed by atoms with van der Waals surface area (Å²) in [6, 6.07) is 10.5. The van der Waals surface area contributed by atoms with Gasteiger partial charge in [0.15, 0.2) is 0 Å². The lowest BCUT2D eigenvalue weighted by atomic mass is 9.99. The Morgan fingerprint density at radius 3 is 2.00 bits per heavy atom. The van der Waals surface area contributed by atoms with Gasteiger partial charge < -0.3 is 5.32 Å². The van der Waals surface area contributed by atoms with Crippen LogP contribution in [0.1, 0.15) is 49.4 Å². The van der Waals surface area contributed by atoms with Crippen molar-refractivity contribution in [2.45, 2.75) is 39.7 Å². The molecule has 3 heteroatoms. The maximum Gasteiger partial charge on any atom is 0.146 e. The Bertz CT molecular complexity index is 618. The fraction of sp³-hybridized carbons (Fsp3) is 0.333. The molecule has 0 amide bonds. The fourth-order valence-electron chi connectivity index (χ4n) is 2.24. The summed E-state index contributed by atoms with van der Waals surface area (Å²) < 4.78 is 27.4. The molecule has 1 atom stereocenters. The molecule has 0 aliphatic carbocycles. The maximum absolute atomic E-state index is 13.8. The number of hydrogen-bond donors (Lipinski definition) is 1. The van der Waals surface area contributed by atoms with Crippen LogP contribution in [0.5, 0.6) is 0 Å². The zero-order chi connectivity index (χ0) is 15.6. The van der Waals surface area contributed by atoms with Gasteiger partial charge in [0, 0.05) is 12.1 Å². The minimum absolute atomic E-state index is 0.0946. The van der Waals surface area contributed by atoms with Crippen LogP contribution in [0.3, 0.4) is 0 Å². The van der Waals surface area contributed by atoms with E-state index in [0.29, 0.717) is 11.5 Å². The van der Waals surface area contributed by atoms with Crippen molar-refractivity contribution in [1.82, 2.24) is 0 Å². The molecule has 21 heavy (non-hydrogen) atoms. The quantitative estimate of drug-likeness (QED) is 0.776. The summed E-state index contributed by atoms with van der Waals surface area (Å²) in [4.78, 5) is 0. The van der Waals surface area contributed by atoms with Crippen LogP contribution in [-0.4, -0.2) is 0 Å². The Morgan fingerprint density at radius 1 is 0.857 bits per heavy atom. The van der Waals surface area contributed by atoms with Gasteiger partial charge in [0.05, 0.1) is 5.69 Å². The minimum Gasteiger partial charge on any atom is -0.376 e. The average molecular weight is 289 g/mol. The van der Waals surface area contributed by atoms with Crippen LogP contribution >= 0.6 is 0 Å². The summed E-state index contributed by atoms with van der Waals surface area (Å²) in [6.07, 6.45) is 0. The first-order valence-corrected chi connectivity index (χ1v) is 7.20. The highest BCUT2D eigenvalue weighted by atomic mass is 19.1. The first-order valence-electron chi connectivity index (χ1n) is 7.20. The second-order valence-electron chi connectivity index (χ2n) is 5.77. The molecular weight excluding hydrogens is 268 g/mol. The first-order chi connectivity index (χ1) is 9.88. The number of halogens is 2. The van der Waals surface area contributed by atoms with Crippen LogP contribution in [0.15, 0.2) is 36.4 Å². The van der Waals surface area contributed by atoms with Gasteiger partial charge in [-0.15, -0.1) is 0 Å². The second kappa shape index (κ2) is 6.25. The Balaban J connectivity index is 2.17. The van der Waals surface area contributed by atoms with Crippen LogP contribution < -0.4 is 5.32 Å². The van der Waals surface area contributed by atoms with E-state index in [1.54, 1.807) is 6.92 Å². The van der Waals surface area contributed by atoms with Gasteiger partial charge in [-0.1, -0.05) is 38.1 Å². The Hall–Kier alpha value is -1.90. The molecule has 1 N–H and O–H groups in total. The molecular formula is C18H21F2N. The van der Waals surface area contributed by atoms with E-state index in [4.69, 9.17) is 0 Å². The number of hydrogen-bond acceptors (Lipinski definition) is 1. The van der Waals surface area contributed by atoms with Crippen molar-refractivity contribution in [1.29, 1.82) is 0 Å². The lowest BCUT2D eigenvalue weighted by Crippen LogP contribution is -2.09. The number of aryl methyl sites for hydroxylation is 1. The maximum atomic E-state index is 13.8. The van der Waals surface area contributed by atoms with E-state index in [2.05, 4.69) is 31.3 Å². The normalized spacial score (nSPS) is 12.5. The smallest absolute Gasteiger partial charge is 0.146 e. The molecule has 0 bridgehead atoms. The zero-order valence-electron chi connectivity index (χ0n) is 12.9. The van der Waals surface area contributed by atoms with Crippen molar-refractivity contribution >= 4 is 5.69 Å². The highest BCUT2D eigenvalue weighted by molar-refractivity contribution is 5.48. The SMILES string of the molecule is Cc1cc(F)c(NC(C)c2ccc(C(C)C)cc2)cc1F. The van der Waals surface area contributed by atoms with Gasteiger partial charge in [0.2, 0.25) is 0 Å². The van der Waals surface area contributed by atoms with Crippen molar-refractivity contribution in [3.8, 4) is 0 Å². The molecule has 0 aliphatic rings. The molecule has 0 saturated heterocycles. The molecule has 2 rings (SSSR count). The third kappa shape index (κ3) is 3.60. The van der Waals surface area contributed by atoms with Crippen LogP contribution in [0.25, 0.3) is 0 Å². The van der Waals surface area contributed by atoms with E-state index in [-0.39, 0.29) is 11.7 Å². The van der Waals surface area contributed by atoms with E-state index in [1.807, 2.05) is 19.1 Å². The van der Waals surface area contributed by atoms with Gasteiger partial charge >= 0.3 is 0 Å². The number of nitrogens with one attached hydrogen (secondary N) is 1. The zero-order valence-corrected chi connectivity index (χ0v) is 12.9. The van der Waals surface area contributed by atoms with Gasteiger partial charge in [0.25, 0.3) is 0 Å². The van der Waals surface area contributed by atoms with Gasteiger partial charge in [0.1, 0.15) is 11.6 Å². The van der Waals surface area contributed by atoms with Crippen molar-refractivity contribution < 1.29 is 8.78 Å². The van der Waals surface area contributed by atoms with Gasteiger partial charge in [-0.2, -0.15) is 0 Å². The summed E-state index contributed by atoms with van der Waals surface area (Å²) in [7, 11) is 0. The summed E-state index contributed by atoms with van der Waals surface area (Å²) in [6.45, 7) is 7.76. The lowest BCUT2D eigenvalue weighted by molar-refractivity contribution is 0.593. The molecule has 0 aliphatic heterocycles. The summed E-state index contributed by atoms with van der Waals surface area (Å²) in [5, 5.41) is 3.03. The monoisotopic (exact) mass is 289 g/mol. The molecule has 0 fully saturated rings. The number of rotatable bonds is 4. The van der Waals surface area contributed by atoms with E-state index < -0.39 is 11.6 Å². The lowest BCUT2D eigenvalue weighted by Gasteiger charge is -2.17. The van der Waals surface area contributed by atoms with Gasteiger partial charge in [-0.05, 0) is 42.5 Å². The summed E-state index contributed by atoms with van der Waals surface area (Å²) in [5.74, 6) is -0.355. The summed E-state index contributed by atoms with van der Waals surface area (Å²) in [5.41, 5.74) is 2.81. The van der Waals surface area contributed by atoms with E-state index >= 15 is 0 Å². The summed E-state index contributed by atoms with van der Waals surface area (Å²) >= 11 is 0. The molecule has 1 unspecified atom stereocenters. The largest absolute Gasteiger partial charge is 0.376 e. The van der Waals surface area contributed by atoms with Crippen LogP contribution in [0.2, 0.25) is 0 Å². The van der Waals surface area contributed by atoms with Crippen molar-refractivity contribution in [3.05, 3.63) is 64.7 Å². The third-order valence-electron chi connectivity index (χ3n) is 3.72. The van der Waals surface area contributed by atoms with Crippen LogP contribution in [0.4, 0.5) is 14.5 Å². The predicted octanol–water partition coefficient (Wildman–Crippen LogP) is 5.57. The molecule has 0 saturated carbocycles. The molecule has 0 radical (unpaired) electrons. The number of anilines is 1. The van der Waals surface area contributed by atoms with Crippen molar-refractivity contribution in [2.24, 2.45) is 0 Å². The topological polar surface area (TPSA) is 12.0 Å². The van der Waals surface area contributed by atoms with E-state index in [0.717, 1.165) is 5.56 Å². The first kappa shape index (κ1) is 15.5. The van der Waals surface area contributed by atoms with Gasteiger partial charge in [-0.25, -0.2) is 8.78 Å². The molecule has 0 aromatic heterocycles. The Labute approximate surface area is 125 Å². The van der Waals surface area contributed by atoms with Gasteiger partial charge in [-0.3, -0.25) is 0 Å². The van der Waals surface area contributed by atoms with Crippen molar-refractivity contribution in [2.75, 3.05) is 5.32 Å². The molecule has 1 nitrogen and oxygen atoms in total. The van der Waals surface area contributed by atoms with Crippen LogP contribution in [-0.2, 0) is 0 Å². The number of benzene rings is 2. The third-order valence-corrected chi connectivity index (χ3v) is 3.72. The highest BCUT2D eigenvalue weighted by Gasteiger charge is 2.11. The predicted molar refractivity (Wildman–Crippen MR) is 83.7 cm³/mol. The van der Waals surface area contributed by atoms with Crippen LogP contribution in [0, 0.1) is 18.6 Å². The molecule has 0 heterocycles. The minimum atomic E-state index is -0.431. The molecule has 2 aromatic carbocycles. The molecule has 112 valence electrons. The van der Waals surface area contributed by atoms with E-state index in [1.165, 1.54) is 17.7 Å². The Kier molecular flexibility index (Phi) is 4.61.